The SMILES string of the molecule is Cc1ccc(NC(=O)C[C@H]2SC(=NC3CC3)NC2=O)c([N+](=O)[O-])c1. The molecule has 1 aromatic carbocycles. The number of anilines is 1. The molecule has 0 aromatic heterocycles. The molecular formula is C15H16N4O4S. The van der Waals surface area contributed by atoms with Crippen LogP contribution in [-0.2, 0) is 9.59 Å². The number of nitrogens with one attached hydrogen (secondary N) is 2. The summed E-state index contributed by atoms with van der Waals surface area (Å²) in [6.07, 6.45) is 2.00. The molecule has 1 saturated heterocycles. The van der Waals surface area contributed by atoms with Crippen LogP contribution in [0.2, 0.25) is 0 Å². The van der Waals surface area contributed by atoms with Crippen LogP contribution in [0.3, 0.4) is 0 Å². The summed E-state index contributed by atoms with van der Waals surface area (Å²) in [5, 5.41) is 16.3. The summed E-state index contributed by atoms with van der Waals surface area (Å²) >= 11 is 1.23. The van der Waals surface area contributed by atoms with Gasteiger partial charge in [0.15, 0.2) is 5.17 Å². The molecule has 2 N–H and O–H groups in total. The number of nitrogens with zero attached hydrogens (tertiary/aromatic N) is 2. The lowest BCUT2D eigenvalue weighted by Gasteiger charge is -2.08. The molecule has 0 bridgehead atoms. The highest BCUT2D eigenvalue weighted by molar-refractivity contribution is 8.15. The first-order valence-electron chi connectivity index (χ1n) is 7.52. The van der Waals surface area contributed by atoms with Gasteiger partial charge >= 0.3 is 0 Å². The third-order valence-corrected chi connectivity index (χ3v) is 4.71. The molecule has 1 aliphatic heterocycles. The number of aliphatic imine (C=N–C) groups is 1. The molecule has 9 heteroatoms. The lowest BCUT2D eigenvalue weighted by molar-refractivity contribution is -0.384. The van der Waals surface area contributed by atoms with Gasteiger partial charge in [0.25, 0.3) is 5.69 Å². The first kappa shape index (κ1) is 16.4. The Kier molecular flexibility index (Phi) is 4.52. The molecule has 0 radical (unpaired) electrons. The minimum atomic E-state index is -0.563. The monoisotopic (exact) mass is 348 g/mol. The van der Waals surface area contributed by atoms with E-state index in [1.54, 1.807) is 13.0 Å². The Hall–Kier alpha value is -2.42. The minimum absolute atomic E-state index is 0.0643. The number of aryl methyl sites for hydroxylation is 1. The van der Waals surface area contributed by atoms with Crippen molar-refractivity contribution in [3.05, 3.63) is 33.9 Å². The number of thioether (sulfide) groups is 1. The van der Waals surface area contributed by atoms with Crippen LogP contribution in [0.1, 0.15) is 24.8 Å². The summed E-state index contributed by atoms with van der Waals surface area (Å²) < 4.78 is 0. The van der Waals surface area contributed by atoms with Crippen LogP contribution in [0, 0.1) is 17.0 Å². The zero-order chi connectivity index (χ0) is 17.3. The van der Waals surface area contributed by atoms with Crippen LogP contribution in [0.25, 0.3) is 0 Å². The highest BCUT2D eigenvalue weighted by Crippen LogP contribution is 2.30. The molecule has 2 aliphatic rings. The lowest BCUT2D eigenvalue weighted by Crippen LogP contribution is -2.28. The van der Waals surface area contributed by atoms with E-state index in [0.717, 1.165) is 18.4 Å². The number of amidine groups is 1. The van der Waals surface area contributed by atoms with Crippen LogP contribution >= 0.6 is 11.8 Å². The number of hydrogen-bond donors (Lipinski definition) is 2. The number of nitro groups is 1. The zero-order valence-electron chi connectivity index (χ0n) is 12.9. The summed E-state index contributed by atoms with van der Waals surface area (Å²) in [4.78, 5) is 38.9. The molecule has 1 aliphatic carbocycles. The van der Waals surface area contributed by atoms with Crippen molar-refractivity contribution in [1.29, 1.82) is 0 Å². The minimum Gasteiger partial charge on any atom is -0.320 e. The van der Waals surface area contributed by atoms with Gasteiger partial charge in [0.05, 0.1) is 11.0 Å². The number of rotatable bonds is 5. The molecule has 1 aromatic rings. The van der Waals surface area contributed by atoms with Gasteiger partial charge in [-0.3, -0.25) is 24.7 Å². The number of hydrogen-bond acceptors (Lipinski definition) is 6. The van der Waals surface area contributed by atoms with E-state index in [1.807, 2.05) is 0 Å². The maximum atomic E-state index is 12.1. The Morgan fingerprint density at radius 2 is 2.25 bits per heavy atom. The topological polar surface area (TPSA) is 114 Å². The number of benzene rings is 1. The molecule has 2 amide bonds. The van der Waals surface area contributed by atoms with Crippen LogP contribution in [0.5, 0.6) is 0 Å². The molecule has 1 saturated carbocycles. The largest absolute Gasteiger partial charge is 0.320 e. The van der Waals surface area contributed by atoms with E-state index in [9.17, 15) is 19.7 Å². The summed E-state index contributed by atoms with van der Waals surface area (Å²) in [6, 6.07) is 4.86. The summed E-state index contributed by atoms with van der Waals surface area (Å²) in [6.45, 7) is 1.73. The smallest absolute Gasteiger partial charge is 0.293 e. The molecule has 2 fully saturated rings. The number of carbonyl (C=O) groups excluding carboxylic acids is 2. The van der Waals surface area contributed by atoms with E-state index in [1.165, 1.54) is 23.9 Å². The predicted octanol–water partition coefficient (Wildman–Crippen LogP) is 1.98. The quantitative estimate of drug-likeness (QED) is 0.624. The van der Waals surface area contributed by atoms with E-state index < -0.39 is 16.1 Å². The normalized spacial score (nSPS) is 21.6. The van der Waals surface area contributed by atoms with Crippen molar-refractivity contribution in [2.75, 3.05) is 5.32 Å². The Morgan fingerprint density at radius 1 is 1.50 bits per heavy atom. The molecule has 1 heterocycles. The van der Waals surface area contributed by atoms with E-state index in [0.29, 0.717) is 5.17 Å². The Labute approximate surface area is 142 Å². The summed E-state index contributed by atoms with van der Waals surface area (Å²) in [5.74, 6) is -0.699. The highest BCUT2D eigenvalue weighted by Gasteiger charge is 2.34. The third kappa shape index (κ3) is 3.91. The van der Waals surface area contributed by atoms with Crippen molar-refractivity contribution in [2.24, 2.45) is 4.99 Å². The maximum Gasteiger partial charge on any atom is 0.293 e. The standard InChI is InChI=1S/C15H16N4O4S/c1-8-2-5-10(11(6-8)19(22)23)17-13(20)7-12-14(21)18-15(24-12)16-9-3-4-9/h2,5-6,9,12H,3-4,7H2,1H3,(H,17,20)(H,16,18,21)/t12-/m1/s1. The van der Waals surface area contributed by atoms with E-state index in [4.69, 9.17) is 0 Å². The summed E-state index contributed by atoms with van der Waals surface area (Å²) in [7, 11) is 0. The fourth-order valence-corrected chi connectivity index (χ4v) is 3.28. The lowest BCUT2D eigenvalue weighted by atomic mass is 10.2. The van der Waals surface area contributed by atoms with Gasteiger partial charge in [-0.15, -0.1) is 0 Å². The molecule has 24 heavy (non-hydrogen) atoms. The Morgan fingerprint density at radius 3 is 2.92 bits per heavy atom. The van der Waals surface area contributed by atoms with Crippen molar-refractivity contribution in [3.8, 4) is 0 Å². The van der Waals surface area contributed by atoms with E-state index >= 15 is 0 Å². The van der Waals surface area contributed by atoms with Crippen molar-refractivity contribution in [1.82, 2.24) is 5.32 Å². The molecule has 8 nitrogen and oxygen atoms in total. The average Bonchev–Trinajstić information content (AvgIpc) is 3.25. The zero-order valence-corrected chi connectivity index (χ0v) is 13.8. The molecular weight excluding hydrogens is 332 g/mol. The average molecular weight is 348 g/mol. The molecule has 126 valence electrons. The Balaban J connectivity index is 1.64. The van der Waals surface area contributed by atoms with Crippen molar-refractivity contribution in [3.63, 3.8) is 0 Å². The van der Waals surface area contributed by atoms with Crippen LogP contribution < -0.4 is 10.6 Å². The van der Waals surface area contributed by atoms with E-state index in [2.05, 4.69) is 15.6 Å². The van der Waals surface area contributed by atoms with Crippen molar-refractivity contribution < 1.29 is 14.5 Å². The van der Waals surface area contributed by atoms with Gasteiger partial charge in [-0.1, -0.05) is 17.8 Å². The fourth-order valence-electron chi connectivity index (χ4n) is 2.24. The highest BCUT2D eigenvalue weighted by atomic mass is 32.2. The van der Waals surface area contributed by atoms with Gasteiger partial charge < -0.3 is 10.6 Å². The van der Waals surface area contributed by atoms with Crippen LogP contribution in [0.15, 0.2) is 23.2 Å². The van der Waals surface area contributed by atoms with Crippen molar-refractivity contribution in [2.45, 2.75) is 37.5 Å². The van der Waals surface area contributed by atoms with E-state index in [-0.39, 0.29) is 29.7 Å². The predicted molar refractivity (Wildman–Crippen MR) is 91.1 cm³/mol. The second-order valence-electron chi connectivity index (χ2n) is 5.79. The maximum absolute atomic E-state index is 12.1. The number of nitro benzene ring substituents is 1. The van der Waals surface area contributed by atoms with Gasteiger partial charge in [0.1, 0.15) is 10.9 Å². The fraction of sp³-hybridized carbons (Fsp3) is 0.400. The molecule has 0 spiro atoms. The molecule has 0 unspecified atom stereocenters. The molecule has 1 atom stereocenters. The molecule has 3 rings (SSSR count). The summed E-state index contributed by atoms with van der Waals surface area (Å²) in [5.41, 5.74) is 0.695. The second kappa shape index (κ2) is 6.60. The van der Waals surface area contributed by atoms with Crippen LogP contribution in [0.4, 0.5) is 11.4 Å². The van der Waals surface area contributed by atoms with Gasteiger partial charge in [0, 0.05) is 12.5 Å². The first-order chi connectivity index (χ1) is 11.4. The van der Waals surface area contributed by atoms with Gasteiger partial charge in [0.2, 0.25) is 11.8 Å². The second-order valence-corrected chi connectivity index (χ2v) is 6.98. The van der Waals surface area contributed by atoms with Gasteiger partial charge in [-0.2, -0.15) is 0 Å². The Bertz CT molecular complexity index is 745. The van der Waals surface area contributed by atoms with Gasteiger partial charge in [-0.05, 0) is 31.4 Å². The third-order valence-electron chi connectivity index (χ3n) is 3.62. The first-order valence-corrected chi connectivity index (χ1v) is 8.40. The van der Waals surface area contributed by atoms with Crippen LogP contribution in [-0.4, -0.2) is 33.2 Å². The van der Waals surface area contributed by atoms with Crippen molar-refractivity contribution >= 4 is 40.1 Å². The number of amides is 2. The van der Waals surface area contributed by atoms with Gasteiger partial charge in [-0.25, -0.2) is 0 Å². The number of carbonyl (C=O) groups is 2.